The second kappa shape index (κ2) is 6.50. The largest absolute Gasteiger partial charge is 0.508 e. The molecule has 2 N–H and O–H groups in total. The van der Waals surface area contributed by atoms with E-state index in [0.717, 1.165) is 5.56 Å². The number of nitrogens with one attached hydrogen (secondary N) is 1. The van der Waals surface area contributed by atoms with E-state index in [-0.39, 0.29) is 17.0 Å². The first-order valence-corrected chi connectivity index (χ1v) is 7.33. The lowest BCUT2D eigenvalue weighted by molar-refractivity contribution is 0.438. The highest BCUT2D eigenvalue weighted by molar-refractivity contribution is 6.31. The summed E-state index contributed by atoms with van der Waals surface area (Å²) in [4.78, 5) is 18.9. The predicted octanol–water partition coefficient (Wildman–Crippen LogP) is 4.19. The molecular formula is C18H13ClN2O2. The Bertz CT molecular complexity index is 960. The minimum absolute atomic E-state index is 0.0554. The number of aromatic amines is 1. The highest BCUT2D eigenvalue weighted by Crippen LogP contribution is 2.15. The van der Waals surface area contributed by atoms with Crippen molar-refractivity contribution in [3.8, 4) is 0 Å². The van der Waals surface area contributed by atoms with E-state index in [2.05, 4.69) is 9.97 Å². The minimum atomic E-state index is -0.389. The fourth-order valence-electron chi connectivity index (χ4n) is 2.10. The Balaban J connectivity index is 1.93. The molecule has 5 heteroatoms. The first kappa shape index (κ1) is 15.1. The molecule has 0 radical (unpaired) electrons. The van der Waals surface area contributed by atoms with Crippen LogP contribution < -0.4 is 5.56 Å². The molecule has 3 rings (SSSR count). The maximum atomic E-state index is 12.0. The monoisotopic (exact) mass is 324 g/mol. The number of rotatable bonds is 3. The summed E-state index contributed by atoms with van der Waals surface area (Å²) in [5.41, 5.74) is 1.84. The van der Waals surface area contributed by atoms with Gasteiger partial charge in [-0.25, -0.2) is 4.98 Å². The third-order valence-corrected chi connectivity index (χ3v) is 3.45. The minimum Gasteiger partial charge on any atom is -0.508 e. The number of benzene rings is 2. The lowest BCUT2D eigenvalue weighted by Gasteiger charge is -2.00. The fourth-order valence-corrected chi connectivity index (χ4v) is 2.28. The number of fused-ring (bicyclic) bond motifs is 1. The molecule has 0 aliphatic rings. The van der Waals surface area contributed by atoms with Gasteiger partial charge in [0.2, 0.25) is 0 Å². The number of hydrogen-bond acceptors (Lipinski definition) is 3. The second-order valence-corrected chi connectivity index (χ2v) is 5.36. The molecule has 0 atom stereocenters. The van der Waals surface area contributed by atoms with Crippen LogP contribution in [0.1, 0.15) is 11.3 Å². The number of nitrogens with zero attached hydrogens (tertiary/aromatic N) is 1. The van der Waals surface area contributed by atoms with Gasteiger partial charge in [-0.1, -0.05) is 48.0 Å². The molecule has 0 bridgehead atoms. The summed E-state index contributed by atoms with van der Waals surface area (Å²) in [5.74, 6) is -0.0554. The van der Waals surface area contributed by atoms with Gasteiger partial charge >= 0.3 is 0 Å². The van der Waals surface area contributed by atoms with Crippen molar-refractivity contribution in [2.45, 2.75) is 0 Å². The number of aromatic nitrogens is 2. The van der Waals surface area contributed by atoms with Crippen molar-refractivity contribution < 1.29 is 5.11 Å². The van der Waals surface area contributed by atoms with Crippen LogP contribution >= 0.6 is 11.6 Å². The first-order chi connectivity index (χ1) is 11.1. The molecule has 23 heavy (non-hydrogen) atoms. The van der Waals surface area contributed by atoms with E-state index in [1.54, 1.807) is 24.3 Å². The van der Waals surface area contributed by atoms with E-state index in [1.165, 1.54) is 12.2 Å². The van der Waals surface area contributed by atoms with E-state index < -0.39 is 0 Å². The van der Waals surface area contributed by atoms with E-state index >= 15 is 0 Å². The molecule has 0 aliphatic carbocycles. The molecule has 0 fully saturated rings. The molecule has 0 saturated carbocycles. The highest BCUT2D eigenvalue weighted by atomic mass is 35.5. The van der Waals surface area contributed by atoms with Crippen molar-refractivity contribution in [1.29, 1.82) is 0 Å². The molecule has 0 saturated heterocycles. The molecule has 0 unspecified atom stereocenters. The molecule has 1 heterocycles. The molecule has 4 nitrogen and oxygen atoms in total. The summed E-state index contributed by atoms with van der Waals surface area (Å²) >= 11 is 5.88. The van der Waals surface area contributed by atoms with Crippen molar-refractivity contribution in [1.82, 2.24) is 9.97 Å². The molecule has 2 aromatic carbocycles. The number of hydrogen-bond donors (Lipinski definition) is 2. The quantitative estimate of drug-likeness (QED) is 0.561. The Morgan fingerprint density at radius 1 is 1.17 bits per heavy atom. The Morgan fingerprint density at radius 3 is 2.74 bits per heavy atom. The molecule has 0 aliphatic heterocycles. The lowest BCUT2D eigenvalue weighted by Crippen LogP contribution is -2.12. The van der Waals surface area contributed by atoms with Crippen molar-refractivity contribution in [2.75, 3.05) is 0 Å². The van der Waals surface area contributed by atoms with Gasteiger partial charge in [0.25, 0.3) is 5.56 Å². The normalized spacial score (nSPS) is 12.1. The zero-order valence-electron chi connectivity index (χ0n) is 12.0. The van der Waals surface area contributed by atoms with E-state index in [1.807, 2.05) is 30.3 Å². The average Bonchev–Trinajstić information content (AvgIpc) is 2.55. The van der Waals surface area contributed by atoms with Crippen molar-refractivity contribution >= 4 is 34.8 Å². The number of H-pyrrole nitrogens is 1. The zero-order chi connectivity index (χ0) is 16.2. The average molecular weight is 325 g/mol. The third kappa shape index (κ3) is 3.67. The Hall–Kier alpha value is -2.85. The van der Waals surface area contributed by atoms with Gasteiger partial charge in [0.1, 0.15) is 11.5 Å². The standard InChI is InChI=1S/C18H13ClN2O2/c19-13-7-9-15-16(10-13)21-18(23)17(20-15)11-14(22)8-6-12-4-2-1-3-5-12/h1-11,22H,(H,21,23)/b8-6+,14-11-. The van der Waals surface area contributed by atoms with Gasteiger partial charge in [0.05, 0.1) is 11.0 Å². The van der Waals surface area contributed by atoms with Gasteiger partial charge < -0.3 is 10.1 Å². The molecule has 114 valence electrons. The third-order valence-electron chi connectivity index (χ3n) is 3.21. The number of aliphatic hydroxyl groups is 1. The highest BCUT2D eigenvalue weighted by Gasteiger charge is 2.04. The number of allylic oxidation sites excluding steroid dienone is 1. The number of aliphatic hydroxyl groups excluding tert-OH is 1. The van der Waals surface area contributed by atoms with Crippen LogP contribution in [0.2, 0.25) is 5.02 Å². The van der Waals surface area contributed by atoms with E-state index in [4.69, 9.17) is 11.6 Å². The molecule has 3 aromatic rings. The van der Waals surface area contributed by atoms with Gasteiger partial charge in [0.15, 0.2) is 0 Å². The van der Waals surface area contributed by atoms with Gasteiger partial charge in [-0.05, 0) is 29.8 Å². The summed E-state index contributed by atoms with van der Waals surface area (Å²) in [7, 11) is 0. The molecule has 0 spiro atoms. The summed E-state index contributed by atoms with van der Waals surface area (Å²) in [6, 6.07) is 14.6. The Labute approximate surface area is 137 Å². The van der Waals surface area contributed by atoms with Gasteiger partial charge in [-0.2, -0.15) is 0 Å². The Morgan fingerprint density at radius 2 is 1.96 bits per heavy atom. The summed E-state index contributed by atoms with van der Waals surface area (Å²) in [6.45, 7) is 0. The van der Waals surface area contributed by atoms with Crippen LogP contribution in [0.4, 0.5) is 0 Å². The summed E-state index contributed by atoms with van der Waals surface area (Å²) < 4.78 is 0. The first-order valence-electron chi connectivity index (χ1n) is 6.95. The maximum Gasteiger partial charge on any atom is 0.274 e. The molecule has 1 aromatic heterocycles. The summed E-state index contributed by atoms with van der Waals surface area (Å²) in [6.07, 6.45) is 4.59. The predicted molar refractivity (Wildman–Crippen MR) is 93.5 cm³/mol. The lowest BCUT2D eigenvalue weighted by atomic mass is 10.2. The van der Waals surface area contributed by atoms with Crippen LogP contribution in [0.15, 0.2) is 65.2 Å². The van der Waals surface area contributed by atoms with Gasteiger partial charge in [0, 0.05) is 11.1 Å². The zero-order valence-corrected chi connectivity index (χ0v) is 12.8. The van der Waals surface area contributed by atoms with Crippen LogP contribution in [0, 0.1) is 0 Å². The van der Waals surface area contributed by atoms with Crippen molar-refractivity contribution in [2.24, 2.45) is 0 Å². The van der Waals surface area contributed by atoms with Gasteiger partial charge in [-0.15, -0.1) is 0 Å². The SMILES string of the molecule is O=c1[nH]c2cc(Cl)ccc2nc1/C=C(O)/C=C/c1ccccc1. The van der Waals surface area contributed by atoms with Crippen LogP contribution in [0.25, 0.3) is 23.2 Å². The topological polar surface area (TPSA) is 66.0 Å². The van der Waals surface area contributed by atoms with Crippen molar-refractivity contribution in [3.63, 3.8) is 0 Å². The smallest absolute Gasteiger partial charge is 0.274 e. The fraction of sp³-hybridized carbons (Fsp3) is 0. The van der Waals surface area contributed by atoms with E-state index in [9.17, 15) is 9.90 Å². The van der Waals surface area contributed by atoms with Gasteiger partial charge in [-0.3, -0.25) is 4.79 Å². The van der Waals surface area contributed by atoms with Crippen LogP contribution in [0.3, 0.4) is 0 Å². The van der Waals surface area contributed by atoms with Crippen LogP contribution in [0.5, 0.6) is 0 Å². The van der Waals surface area contributed by atoms with Crippen LogP contribution in [-0.2, 0) is 0 Å². The van der Waals surface area contributed by atoms with E-state index in [0.29, 0.717) is 16.1 Å². The Kier molecular flexibility index (Phi) is 4.26. The summed E-state index contributed by atoms with van der Waals surface area (Å²) in [5, 5.41) is 10.5. The van der Waals surface area contributed by atoms with Crippen molar-refractivity contribution in [3.05, 3.63) is 87.0 Å². The second-order valence-electron chi connectivity index (χ2n) is 4.93. The van der Waals surface area contributed by atoms with Crippen LogP contribution in [-0.4, -0.2) is 15.1 Å². The molecular weight excluding hydrogens is 312 g/mol. The maximum absolute atomic E-state index is 12.0. The molecule has 0 amide bonds. The number of halogens is 1.